The zero-order chi connectivity index (χ0) is 14.5. The van der Waals surface area contributed by atoms with Crippen molar-refractivity contribution in [2.45, 2.75) is 50.6 Å². The van der Waals surface area contributed by atoms with Crippen molar-refractivity contribution in [2.24, 2.45) is 0 Å². The van der Waals surface area contributed by atoms with E-state index in [9.17, 15) is 14.7 Å². The van der Waals surface area contributed by atoms with Crippen LogP contribution in [-0.2, 0) is 4.79 Å². The van der Waals surface area contributed by atoms with Gasteiger partial charge in [0.05, 0.1) is 0 Å². The number of likely N-dealkylation sites (N-methyl/N-ethyl adjacent to an activating group) is 1. The van der Waals surface area contributed by atoms with Gasteiger partial charge in [0.2, 0.25) is 0 Å². The van der Waals surface area contributed by atoms with Crippen LogP contribution >= 0.6 is 0 Å². The Kier molecular flexibility index (Phi) is 5.23. The molecule has 2 heterocycles. The summed E-state index contributed by atoms with van der Waals surface area (Å²) in [7, 11) is 2.07. The van der Waals surface area contributed by atoms with E-state index >= 15 is 0 Å². The van der Waals surface area contributed by atoms with Crippen LogP contribution in [0.5, 0.6) is 0 Å². The first-order chi connectivity index (χ1) is 9.59. The van der Waals surface area contributed by atoms with Crippen LogP contribution in [0.15, 0.2) is 0 Å². The van der Waals surface area contributed by atoms with Crippen LogP contribution in [0.2, 0.25) is 0 Å². The number of urea groups is 1. The van der Waals surface area contributed by atoms with E-state index in [1.807, 2.05) is 0 Å². The van der Waals surface area contributed by atoms with E-state index in [4.69, 9.17) is 0 Å². The zero-order valence-electron chi connectivity index (χ0n) is 12.2. The maximum atomic E-state index is 12.3. The first-order valence-electron chi connectivity index (χ1n) is 7.57. The molecular formula is C14H25N3O3. The first-order valence-corrected chi connectivity index (χ1v) is 7.57. The Labute approximate surface area is 120 Å². The van der Waals surface area contributed by atoms with E-state index in [1.54, 1.807) is 0 Å². The number of nitrogens with zero attached hydrogens (tertiary/aromatic N) is 2. The Morgan fingerprint density at radius 2 is 1.95 bits per heavy atom. The lowest BCUT2D eigenvalue weighted by molar-refractivity contribution is -0.142. The number of amides is 2. The molecule has 0 aromatic carbocycles. The number of hydrogen-bond donors (Lipinski definition) is 2. The Balaban J connectivity index is 1.89. The van der Waals surface area contributed by atoms with Gasteiger partial charge < -0.3 is 20.2 Å². The molecule has 2 aliphatic rings. The molecule has 2 rings (SSSR count). The number of carbonyl (C=O) groups is 2. The largest absolute Gasteiger partial charge is 0.480 e. The summed E-state index contributed by atoms with van der Waals surface area (Å²) in [6, 6.07) is -0.507. The van der Waals surface area contributed by atoms with Gasteiger partial charge in [-0.3, -0.25) is 0 Å². The van der Waals surface area contributed by atoms with Crippen molar-refractivity contribution >= 4 is 12.0 Å². The van der Waals surface area contributed by atoms with Crippen molar-refractivity contribution in [3.8, 4) is 0 Å². The summed E-state index contributed by atoms with van der Waals surface area (Å²) in [4.78, 5) is 27.3. The Morgan fingerprint density at radius 3 is 2.60 bits per heavy atom. The molecule has 0 aromatic heterocycles. The minimum atomic E-state index is -0.889. The van der Waals surface area contributed by atoms with Crippen molar-refractivity contribution in [3.63, 3.8) is 0 Å². The molecule has 2 unspecified atom stereocenters. The van der Waals surface area contributed by atoms with Crippen molar-refractivity contribution in [2.75, 3.05) is 26.7 Å². The van der Waals surface area contributed by atoms with E-state index in [-0.39, 0.29) is 6.03 Å². The molecule has 2 aliphatic heterocycles. The number of carbonyl (C=O) groups excluding carboxylic acids is 1. The second-order valence-electron chi connectivity index (χ2n) is 5.86. The van der Waals surface area contributed by atoms with Crippen molar-refractivity contribution in [1.29, 1.82) is 0 Å². The van der Waals surface area contributed by atoms with Gasteiger partial charge in [0.15, 0.2) is 0 Å². The highest BCUT2D eigenvalue weighted by Gasteiger charge is 2.31. The van der Waals surface area contributed by atoms with Crippen molar-refractivity contribution < 1.29 is 14.7 Å². The molecule has 0 aliphatic carbocycles. The van der Waals surface area contributed by atoms with Crippen molar-refractivity contribution in [3.05, 3.63) is 0 Å². The van der Waals surface area contributed by atoms with Crippen molar-refractivity contribution in [1.82, 2.24) is 15.1 Å². The molecule has 2 amide bonds. The molecule has 2 saturated heterocycles. The molecule has 0 radical (unpaired) electrons. The summed E-state index contributed by atoms with van der Waals surface area (Å²) in [5, 5.41) is 12.2. The molecule has 6 nitrogen and oxygen atoms in total. The summed E-state index contributed by atoms with van der Waals surface area (Å²) >= 11 is 0. The predicted octanol–water partition coefficient (Wildman–Crippen LogP) is 1.12. The van der Waals surface area contributed by atoms with Gasteiger partial charge in [-0.05, 0) is 39.3 Å². The predicted molar refractivity (Wildman–Crippen MR) is 75.6 cm³/mol. The molecule has 0 aromatic rings. The van der Waals surface area contributed by atoms with Crippen LogP contribution in [0.25, 0.3) is 0 Å². The summed E-state index contributed by atoms with van der Waals surface area (Å²) in [6.45, 7) is 2.23. The molecule has 114 valence electrons. The van der Waals surface area contributed by atoms with Gasteiger partial charge in [0.1, 0.15) is 6.04 Å². The molecule has 0 bridgehead atoms. The lowest BCUT2D eigenvalue weighted by Gasteiger charge is -2.28. The number of hydrogen-bond acceptors (Lipinski definition) is 3. The fourth-order valence-electron chi connectivity index (χ4n) is 3.15. The average Bonchev–Trinajstić information content (AvgIpc) is 2.67. The van der Waals surface area contributed by atoms with Crippen LogP contribution in [0.4, 0.5) is 4.79 Å². The monoisotopic (exact) mass is 283 g/mol. The summed E-state index contributed by atoms with van der Waals surface area (Å²) < 4.78 is 0. The highest BCUT2D eigenvalue weighted by atomic mass is 16.4. The number of likely N-dealkylation sites (tertiary alicyclic amines) is 2. The fourth-order valence-corrected chi connectivity index (χ4v) is 3.15. The number of rotatable bonds is 3. The third kappa shape index (κ3) is 3.62. The van der Waals surface area contributed by atoms with Gasteiger partial charge in [-0.2, -0.15) is 0 Å². The van der Waals surface area contributed by atoms with Gasteiger partial charge in [0, 0.05) is 19.1 Å². The zero-order valence-corrected chi connectivity index (χ0v) is 12.2. The molecule has 2 N–H and O–H groups in total. The Morgan fingerprint density at radius 1 is 1.15 bits per heavy atom. The molecule has 0 spiro atoms. The van der Waals surface area contributed by atoms with Gasteiger partial charge in [-0.25, -0.2) is 9.59 Å². The third-order valence-corrected chi connectivity index (χ3v) is 4.46. The highest BCUT2D eigenvalue weighted by Crippen LogP contribution is 2.18. The van der Waals surface area contributed by atoms with E-state index in [0.29, 0.717) is 25.6 Å². The lowest BCUT2D eigenvalue weighted by atomic mass is 10.1. The van der Waals surface area contributed by atoms with Gasteiger partial charge in [-0.1, -0.05) is 12.8 Å². The SMILES string of the molecule is CN1CCCC1CNC(=O)N1CCCCCC1C(=O)O. The second kappa shape index (κ2) is 6.92. The average molecular weight is 283 g/mol. The number of carboxylic acids is 1. The third-order valence-electron chi connectivity index (χ3n) is 4.46. The Bertz CT molecular complexity index is 362. The van der Waals surface area contributed by atoms with Gasteiger partial charge in [0.25, 0.3) is 0 Å². The van der Waals surface area contributed by atoms with Crippen LogP contribution in [0.1, 0.15) is 38.5 Å². The number of carboxylic acid groups (broad SMARTS) is 1. The standard InChI is InChI=1S/C14H25N3O3/c1-16-8-5-6-11(16)10-15-14(20)17-9-4-2-3-7-12(17)13(18)19/h11-12H,2-10H2,1H3,(H,15,20)(H,18,19). The molecule has 20 heavy (non-hydrogen) atoms. The van der Waals surface area contributed by atoms with E-state index in [2.05, 4.69) is 17.3 Å². The van der Waals surface area contributed by atoms with Crippen LogP contribution in [0.3, 0.4) is 0 Å². The number of aliphatic carboxylic acids is 1. The molecule has 0 saturated carbocycles. The lowest BCUT2D eigenvalue weighted by Crippen LogP contribution is -2.51. The molecule has 2 fully saturated rings. The second-order valence-corrected chi connectivity index (χ2v) is 5.86. The maximum absolute atomic E-state index is 12.3. The van der Waals surface area contributed by atoms with Gasteiger partial charge in [-0.15, -0.1) is 0 Å². The summed E-state index contributed by atoms with van der Waals surface area (Å²) in [5.41, 5.74) is 0. The van der Waals surface area contributed by atoms with E-state index in [1.165, 1.54) is 11.3 Å². The number of nitrogens with one attached hydrogen (secondary N) is 1. The highest BCUT2D eigenvalue weighted by molar-refractivity contribution is 5.82. The first kappa shape index (κ1) is 15.1. The van der Waals surface area contributed by atoms with Crippen LogP contribution < -0.4 is 5.32 Å². The van der Waals surface area contributed by atoms with Crippen LogP contribution in [-0.4, -0.2) is 65.7 Å². The van der Waals surface area contributed by atoms with Crippen LogP contribution in [0, 0.1) is 0 Å². The molecular weight excluding hydrogens is 258 g/mol. The Hall–Kier alpha value is -1.30. The quantitative estimate of drug-likeness (QED) is 0.814. The van der Waals surface area contributed by atoms with E-state index in [0.717, 1.165) is 32.2 Å². The normalized spacial score (nSPS) is 28.1. The maximum Gasteiger partial charge on any atom is 0.326 e. The topological polar surface area (TPSA) is 72.9 Å². The molecule has 6 heteroatoms. The smallest absolute Gasteiger partial charge is 0.326 e. The minimum absolute atomic E-state index is 0.223. The fraction of sp³-hybridized carbons (Fsp3) is 0.857. The summed E-state index contributed by atoms with van der Waals surface area (Å²) in [6.07, 6.45) is 5.59. The van der Waals surface area contributed by atoms with E-state index < -0.39 is 12.0 Å². The minimum Gasteiger partial charge on any atom is -0.480 e. The van der Waals surface area contributed by atoms with Gasteiger partial charge >= 0.3 is 12.0 Å². The molecule has 2 atom stereocenters. The summed E-state index contributed by atoms with van der Waals surface area (Å²) in [5.74, 6) is -0.889.